The van der Waals surface area contributed by atoms with Gasteiger partial charge >= 0.3 is 5.97 Å². The number of hydrogen-bond donors (Lipinski definition) is 1. The van der Waals surface area contributed by atoms with E-state index >= 15 is 0 Å². The second-order valence-electron chi connectivity index (χ2n) is 5.89. The van der Waals surface area contributed by atoms with Crippen LogP contribution in [-0.4, -0.2) is 31.6 Å². The molecule has 0 aliphatic carbocycles. The number of methoxy groups -OCH3 is 1. The number of benzene rings is 2. The summed E-state index contributed by atoms with van der Waals surface area (Å²) in [6.07, 6.45) is 0.364. The van der Waals surface area contributed by atoms with Crippen LogP contribution in [-0.2, 0) is 20.7 Å². The zero-order valence-corrected chi connectivity index (χ0v) is 14.7. The molecule has 1 N–H and O–H groups in total. The van der Waals surface area contributed by atoms with Crippen LogP contribution in [0.5, 0.6) is 5.75 Å². The lowest BCUT2D eigenvalue weighted by Gasteiger charge is -2.17. The number of carbonyl (C=O) groups excluding carboxylic acids is 2. The number of rotatable bonds is 7. The van der Waals surface area contributed by atoms with Crippen molar-refractivity contribution in [2.45, 2.75) is 26.3 Å². The molecule has 132 valence electrons. The van der Waals surface area contributed by atoms with Gasteiger partial charge in [0.1, 0.15) is 11.8 Å². The Kier molecular flexibility index (Phi) is 6.57. The summed E-state index contributed by atoms with van der Waals surface area (Å²) in [6, 6.07) is 14.5. The molecule has 25 heavy (non-hydrogen) atoms. The van der Waals surface area contributed by atoms with E-state index in [4.69, 9.17) is 9.47 Å². The maximum Gasteiger partial charge on any atom is 0.328 e. The van der Waals surface area contributed by atoms with E-state index < -0.39 is 12.0 Å². The Hall–Kier alpha value is -2.82. The molecule has 0 aliphatic rings. The standard InChI is InChI=1S/C20H23NO4/c1-14-9-10-15(2)18(11-14)25-13-19(22)21-17(20(23)24-3)12-16-7-5-4-6-8-16/h4-11,17H,12-13H2,1-3H3,(H,21,22)/t17-/m0/s1. The SMILES string of the molecule is COC(=O)[C@H](Cc1ccccc1)NC(=O)COc1cc(C)ccc1C. The molecule has 0 bridgehead atoms. The largest absolute Gasteiger partial charge is 0.483 e. The zero-order valence-electron chi connectivity index (χ0n) is 14.7. The van der Waals surface area contributed by atoms with Gasteiger partial charge in [0.25, 0.3) is 5.91 Å². The van der Waals surface area contributed by atoms with Crippen LogP contribution in [0, 0.1) is 13.8 Å². The molecular formula is C20H23NO4. The minimum atomic E-state index is -0.748. The monoisotopic (exact) mass is 341 g/mol. The highest BCUT2D eigenvalue weighted by atomic mass is 16.5. The Morgan fingerprint density at radius 1 is 1.08 bits per heavy atom. The first-order chi connectivity index (χ1) is 12.0. The number of carbonyl (C=O) groups is 2. The van der Waals surface area contributed by atoms with Crippen molar-refractivity contribution >= 4 is 11.9 Å². The van der Waals surface area contributed by atoms with Crippen molar-refractivity contribution in [3.8, 4) is 5.75 Å². The van der Waals surface area contributed by atoms with Gasteiger partial charge in [0.15, 0.2) is 6.61 Å². The molecule has 0 fully saturated rings. The van der Waals surface area contributed by atoms with E-state index in [9.17, 15) is 9.59 Å². The van der Waals surface area contributed by atoms with E-state index in [0.29, 0.717) is 12.2 Å². The van der Waals surface area contributed by atoms with E-state index in [1.807, 2.05) is 62.4 Å². The van der Waals surface area contributed by atoms with Gasteiger partial charge in [0, 0.05) is 6.42 Å². The Morgan fingerprint density at radius 3 is 2.48 bits per heavy atom. The van der Waals surface area contributed by atoms with E-state index in [2.05, 4.69) is 5.32 Å². The van der Waals surface area contributed by atoms with E-state index in [0.717, 1.165) is 16.7 Å². The summed E-state index contributed by atoms with van der Waals surface area (Å²) in [4.78, 5) is 24.1. The summed E-state index contributed by atoms with van der Waals surface area (Å²) in [7, 11) is 1.30. The van der Waals surface area contributed by atoms with Crippen LogP contribution >= 0.6 is 0 Å². The van der Waals surface area contributed by atoms with Crippen LogP contribution in [0.2, 0.25) is 0 Å². The lowest BCUT2D eigenvalue weighted by molar-refractivity contribution is -0.145. The Morgan fingerprint density at radius 2 is 1.80 bits per heavy atom. The lowest BCUT2D eigenvalue weighted by atomic mass is 10.1. The molecule has 0 aromatic heterocycles. The van der Waals surface area contributed by atoms with Gasteiger partial charge in [-0.05, 0) is 36.6 Å². The molecule has 0 saturated carbocycles. The van der Waals surface area contributed by atoms with Crippen molar-refractivity contribution in [3.05, 3.63) is 65.2 Å². The molecule has 0 unspecified atom stereocenters. The first-order valence-corrected chi connectivity index (χ1v) is 8.10. The molecule has 2 rings (SSSR count). The summed E-state index contributed by atoms with van der Waals surface area (Å²) in [6.45, 7) is 3.71. The first kappa shape index (κ1) is 18.5. The Balaban J connectivity index is 1.97. The quantitative estimate of drug-likeness (QED) is 0.786. The zero-order chi connectivity index (χ0) is 18.2. The van der Waals surface area contributed by atoms with Gasteiger partial charge in [-0.1, -0.05) is 42.5 Å². The van der Waals surface area contributed by atoms with E-state index in [1.54, 1.807) is 0 Å². The molecule has 5 nitrogen and oxygen atoms in total. The number of esters is 1. The maximum absolute atomic E-state index is 12.2. The van der Waals surface area contributed by atoms with Gasteiger partial charge in [0.2, 0.25) is 0 Å². The molecule has 1 amide bonds. The fraction of sp³-hybridized carbons (Fsp3) is 0.300. The molecule has 0 saturated heterocycles. The number of aryl methyl sites for hydroxylation is 2. The van der Waals surface area contributed by atoms with Gasteiger partial charge in [-0.2, -0.15) is 0 Å². The van der Waals surface area contributed by atoms with Crippen LogP contribution in [0.4, 0.5) is 0 Å². The number of amides is 1. The normalized spacial score (nSPS) is 11.5. The van der Waals surface area contributed by atoms with Crippen molar-refractivity contribution in [3.63, 3.8) is 0 Å². The Bertz CT molecular complexity index is 728. The second-order valence-corrected chi connectivity index (χ2v) is 5.89. The average molecular weight is 341 g/mol. The van der Waals surface area contributed by atoms with Gasteiger partial charge < -0.3 is 14.8 Å². The van der Waals surface area contributed by atoms with E-state index in [-0.39, 0.29) is 12.5 Å². The molecule has 0 heterocycles. The van der Waals surface area contributed by atoms with Gasteiger partial charge in [0.05, 0.1) is 7.11 Å². The molecule has 5 heteroatoms. The molecule has 2 aromatic rings. The summed E-state index contributed by atoms with van der Waals surface area (Å²) >= 11 is 0. The van der Waals surface area contributed by atoms with Crippen molar-refractivity contribution in [1.29, 1.82) is 0 Å². The predicted octanol–water partition coefficient (Wildman–Crippen LogP) is 2.58. The lowest BCUT2D eigenvalue weighted by Crippen LogP contribution is -2.44. The highest BCUT2D eigenvalue weighted by Gasteiger charge is 2.22. The molecule has 0 spiro atoms. The molecule has 0 radical (unpaired) electrons. The smallest absolute Gasteiger partial charge is 0.328 e. The van der Waals surface area contributed by atoms with Crippen molar-refractivity contribution in [1.82, 2.24) is 5.32 Å². The average Bonchev–Trinajstić information content (AvgIpc) is 2.62. The number of nitrogens with one attached hydrogen (secondary N) is 1. The minimum Gasteiger partial charge on any atom is -0.483 e. The fourth-order valence-corrected chi connectivity index (χ4v) is 2.43. The van der Waals surface area contributed by atoms with Gasteiger partial charge in [-0.25, -0.2) is 4.79 Å². The number of hydrogen-bond acceptors (Lipinski definition) is 4. The predicted molar refractivity (Wildman–Crippen MR) is 95.5 cm³/mol. The van der Waals surface area contributed by atoms with Crippen molar-refractivity contribution in [2.24, 2.45) is 0 Å². The van der Waals surface area contributed by atoms with Crippen LogP contribution in [0.1, 0.15) is 16.7 Å². The third kappa shape index (κ3) is 5.64. The van der Waals surface area contributed by atoms with E-state index in [1.165, 1.54) is 7.11 Å². The first-order valence-electron chi connectivity index (χ1n) is 8.10. The summed E-state index contributed by atoms with van der Waals surface area (Å²) < 4.78 is 10.4. The third-order valence-electron chi connectivity index (χ3n) is 3.81. The van der Waals surface area contributed by atoms with Gasteiger partial charge in [-0.3, -0.25) is 4.79 Å². The highest BCUT2D eigenvalue weighted by molar-refractivity contribution is 5.85. The van der Waals surface area contributed by atoms with Crippen LogP contribution in [0.25, 0.3) is 0 Å². The summed E-state index contributed by atoms with van der Waals surface area (Å²) in [5, 5.41) is 2.68. The number of ether oxygens (including phenoxy) is 2. The molecule has 1 atom stereocenters. The highest BCUT2D eigenvalue weighted by Crippen LogP contribution is 2.18. The Labute approximate surface area is 148 Å². The van der Waals surface area contributed by atoms with Gasteiger partial charge in [-0.15, -0.1) is 0 Å². The second kappa shape index (κ2) is 8.87. The van der Waals surface area contributed by atoms with Crippen molar-refractivity contribution in [2.75, 3.05) is 13.7 Å². The third-order valence-corrected chi connectivity index (χ3v) is 3.81. The maximum atomic E-state index is 12.2. The van der Waals surface area contributed by atoms with Crippen LogP contribution in [0.15, 0.2) is 48.5 Å². The molecule has 0 aliphatic heterocycles. The van der Waals surface area contributed by atoms with Crippen molar-refractivity contribution < 1.29 is 19.1 Å². The summed E-state index contributed by atoms with van der Waals surface area (Å²) in [5.74, 6) is -0.191. The van der Waals surface area contributed by atoms with Crippen LogP contribution in [0.3, 0.4) is 0 Å². The minimum absolute atomic E-state index is 0.160. The topological polar surface area (TPSA) is 64.6 Å². The molecular weight excluding hydrogens is 318 g/mol. The van der Waals surface area contributed by atoms with Crippen LogP contribution < -0.4 is 10.1 Å². The summed E-state index contributed by atoms with van der Waals surface area (Å²) in [5.41, 5.74) is 2.94. The fourth-order valence-electron chi connectivity index (χ4n) is 2.43. The molecule has 2 aromatic carbocycles.